The Morgan fingerprint density at radius 3 is 2.68 bits per heavy atom. The molecule has 1 heterocycles. The molecule has 0 aliphatic rings. The minimum atomic E-state index is -0.602. The number of aromatic nitrogens is 2. The highest BCUT2D eigenvalue weighted by Crippen LogP contribution is 2.22. The SMILES string of the molecule is Nc1nc(N)c(C(=O)N/C=N/Nc2cccc3ccccc23)nc1Cl. The summed E-state index contributed by atoms with van der Waals surface area (Å²) in [6.07, 6.45) is 1.19. The molecule has 0 saturated heterocycles. The predicted octanol–water partition coefficient (Wildman–Crippen LogP) is 2.23. The summed E-state index contributed by atoms with van der Waals surface area (Å²) in [5.74, 6) is -0.757. The molecule has 3 aromatic rings. The van der Waals surface area contributed by atoms with Crippen LogP contribution < -0.4 is 22.2 Å². The van der Waals surface area contributed by atoms with E-state index in [4.69, 9.17) is 23.1 Å². The summed E-state index contributed by atoms with van der Waals surface area (Å²) in [6.45, 7) is 0. The summed E-state index contributed by atoms with van der Waals surface area (Å²) in [5.41, 5.74) is 14.6. The van der Waals surface area contributed by atoms with Crippen LogP contribution in [-0.4, -0.2) is 22.2 Å². The molecule has 25 heavy (non-hydrogen) atoms. The average molecular weight is 356 g/mol. The second-order valence-corrected chi connectivity index (χ2v) is 5.36. The van der Waals surface area contributed by atoms with E-state index in [1.54, 1.807) is 0 Å². The second-order valence-electron chi connectivity index (χ2n) is 5.00. The standard InChI is InChI=1S/C16H14ClN7O/c17-13-15(19)23-14(18)12(22-13)16(25)20-8-21-24-11-7-3-5-9-4-1-2-6-10(9)11/h1-8,24H,(H4,18,19,23)(H,20,21,25). The molecule has 0 aliphatic carbocycles. The monoisotopic (exact) mass is 355 g/mol. The van der Waals surface area contributed by atoms with E-state index in [0.29, 0.717) is 0 Å². The van der Waals surface area contributed by atoms with E-state index in [1.807, 2.05) is 42.5 Å². The van der Waals surface area contributed by atoms with Gasteiger partial charge < -0.3 is 16.8 Å². The third kappa shape index (κ3) is 3.59. The van der Waals surface area contributed by atoms with E-state index in [0.717, 1.165) is 16.5 Å². The van der Waals surface area contributed by atoms with Crippen molar-refractivity contribution in [1.82, 2.24) is 15.3 Å². The van der Waals surface area contributed by atoms with Gasteiger partial charge in [-0.3, -0.25) is 10.2 Å². The number of anilines is 3. The smallest absolute Gasteiger partial charge is 0.278 e. The number of nitrogens with one attached hydrogen (secondary N) is 2. The van der Waals surface area contributed by atoms with E-state index in [1.165, 1.54) is 6.34 Å². The van der Waals surface area contributed by atoms with E-state index >= 15 is 0 Å². The van der Waals surface area contributed by atoms with Crippen molar-refractivity contribution in [2.75, 3.05) is 16.9 Å². The van der Waals surface area contributed by atoms with E-state index in [2.05, 4.69) is 25.8 Å². The van der Waals surface area contributed by atoms with Crippen LogP contribution in [0.1, 0.15) is 10.5 Å². The number of hydrogen-bond donors (Lipinski definition) is 4. The van der Waals surface area contributed by atoms with Gasteiger partial charge in [0.15, 0.2) is 22.5 Å². The Labute approximate surface area is 147 Å². The molecule has 8 nitrogen and oxygen atoms in total. The van der Waals surface area contributed by atoms with Gasteiger partial charge in [-0.1, -0.05) is 48.0 Å². The van der Waals surface area contributed by atoms with E-state index < -0.39 is 5.91 Å². The van der Waals surface area contributed by atoms with Crippen molar-refractivity contribution >= 4 is 51.9 Å². The molecular weight excluding hydrogens is 342 g/mol. The van der Waals surface area contributed by atoms with Crippen LogP contribution >= 0.6 is 11.6 Å². The van der Waals surface area contributed by atoms with Crippen LogP contribution in [-0.2, 0) is 0 Å². The molecule has 6 N–H and O–H groups in total. The first-order valence-electron chi connectivity index (χ1n) is 7.21. The van der Waals surface area contributed by atoms with Crippen molar-refractivity contribution in [3.63, 3.8) is 0 Å². The molecule has 0 radical (unpaired) electrons. The van der Waals surface area contributed by atoms with Gasteiger partial charge in [0, 0.05) is 5.39 Å². The zero-order valence-corrected chi connectivity index (χ0v) is 13.7. The van der Waals surface area contributed by atoms with E-state index in [-0.39, 0.29) is 22.5 Å². The van der Waals surface area contributed by atoms with Gasteiger partial charge in [0.25, 0.3) is 5.91 Å². The number of nitrogens with zero attached hydrogens (tertiary/aromatic N) is 3. The Kier molecular flexibility index (Phi) is 4.62. The molecule has 0 aliphatic heterocycles. The fourth-order valence-corrected chi connectivity index (χ4v) is 2.32. The van der Waals surface area contributed by atoms with Gasteiger partial charge in [-0.05, 0) is 11.5 Å². The van der Waals surface area contributed by atoms with Crippen molar-refractivity contribution < 1.29 is 4.79 Å². The molecule has 0 spiro atoms. The average Bonchev–Trinajstić information content (AvgIpc) is 2.61. The summed E-state index contributed by atoms with van der Waals surface area (Å²) in [4.78, 5) is 19.6. The van der Waals surface area contributed by atoms with Gasteiger partial charge in [-0.15, -0.1) is 0 Å². The number of carbonyl (C=O) groups is 1. The lowest BCUT2D eigenvalue weighted by Crippen LogP contribution is -2.25. The summed E-state index contributed by atoms with van der Waals surface area (Å²) in [7, 11) is 0. The highest BCUT2D eigenvalue weighted by Gasteiger charge is 2.14. The maximum absolute atomic E-state index is 12.0. The van der Waals surface area contributed by atoms with Gasteiger partial charge in [0.2, 0.25) is 0 Å². The number of carbonyl (C=O) groups excluding carboxylic acids is 1. The topological polar surface area (TPSA) is 131 Å². The van der Waals surface area contributed by atoms with Crippen LogP contribution in [0.5, 0.6) is 0 Å². The fourth-order valence-electron chi connectivity index (χ4n) is 2.19. The van der Waals surface area contributed by atoms with Crippen molar-refractivity contribution in [3.05, 3.63) is 53.3 Å². The zero-order chi connectivity index (χ0) is 17.8. The molecule has 0 fully saturated rings. The summed E-state index contributed by atoms with van der Waals surface area (Å²) in [6, 6.07) is 13.6. The fraction of sp³-hybridized carbons (Fsp3) is 0. The molecule has 2 aromatic carbocycles. The number of hydrazone groups is 1. The molecule has 9 heteroatoms. The first-order valence-corrected chi connectivity index (χ1v) is 7.58. The molecule has 0 atom stereocenters. The maximum atomic E-state index is 12.0. The van der Waals surface area contributed by atoms with Crippen LogP contribution in [0.25, 0.3) is 10.8 Å². The minimum Gasteiger partial charge on any atom is -0.382 e. The molecule has 0 saturated carbocycles. The Balaban J connectivity index is 1.69. The van der Waals surface area contributed by atoms with Crippen LogP contribution in [0.4, 0.5) is 17.3 Å². The number of benzene rings is 2. The minimum absolute atomic E-state index is 0.0398. The van der Waals surface area contributed by atoms with Crippen LogP contribution in [0.2, 0.25) is 5.15 Å². The molecule has 1 aromatic heterocycles. The lowest BCUT2D eigenvalue weighted by atomic mass is 10.1. The van der Waals surface area contributed by atoms with Crippen LogP contribution in [0.15, 0.2) is 47.6 Å². The Bertz CT molecular complexity index is 969. The van der Waals surface area contributed by atoms with Crippen LogP contribution in [0, 0.1) is 0 Å². The molecule has 0 bridgehead atoms. The van der Waals surface area contributed by atoms with Gasteiger partial charge >= 0.3 is 0 Å². The number of nitrogen functional groups attached to an aromatic ring is 2. The third-order valence-corrected chi connectivity index (χ3v) is 3.63. The number of hydrogen-bond acceptors (Lipinski definition) is 7. The highest BCUT2D eigenvalue weighted by molar-refractivity contribution is 6.31. The largest absolute Gasteiger partial charge is 0.382 e. The highest BCUT2D eigenvalue weighted by atomic mass is 35.5. The van der Waals surface area contributed by atoms with Gasteiger partial charge in [0.1, 0.15) is 6.34 Å². The van der Waals surface area contributed by atoms with Crippen LogP contribution in [0.3, 0.4) is 0 Å². The van der Waals surface area contributed by atoms with Gasteiger partial charge in [-0.2, -0.15) is 5.10 Å². The number of halogens is 1. The maximum Gasteiger partial charge on any atom is 0.278 e. The second kappa shape index (κ2) is 7.02. The number of amides is 1. The first-order chi connectivity index (χ1) is 12.1. The van der Waals surface area contributed by atoms with Gasteiger partial charge in [0.05, 0.1) is 5.69 Å². The molecule has 3 rings (SSSR count). The van der Waals surface area contributed by atoms with E-state index in [9.17, 15) is 4.79 Å². The van der Waals surface area contributed by atoms with Gasteiger partial charge in [-0.25, -0.2) is 9.97 Å². The molecule has 1 amide bonds. The third-order valence-electron chi connectivity index (χ3n) is 3.35. The lowest BCUT2D eigenvalue weighted by Gasteiger charge is -2.06. The predicted molar refractivity (Wildman–Crippen MR) is 99.4 cm³/mol. The normalized spacial score (nSPS) is 10.9. The Morgan fingerprint density at radius 2 is 1.84 bits per heavy atom. The van der Waals surface area contributed by atoms with Crippen molar-refractivity contribution in [1.29, 1.82) is 0 Å². The number of fused-ring (bicyclic) bond motifs is 1. The zero-order valence-electron chi connectivity index (χ0n) is 12.9. The molecule has 126 valence electrons. The lowest BCUT2D eigenvalue weighted by molar-refractivity contribution is 0.0974. The number of nitrogens with two attached hydrogens (primary N) is 2. The quantitative estimate of drug-likeness (QED) is 0.322. The van der Waals surface area contributed by atoms with Crippen molar-refractivity contribution in [2.24, 2.45) is 5.10 Å². The summed E-state index contributed by atoms with van der Waals surface area (Å²) in [5, 5.41) is 8.39. The molecular formula is C16H14ClN7O. The van der Waals surface area contributed by atoms with Crippen molar-refractivity contribution in [2.45, 2.75) is 0 Å². The number of rotatable bonds is 4. The molecule has 0 unspecified atom stereocenters. The summed E-state index contributed by atoms with van der Waals surface area (Å²) < 4.78 is 0. The summed E-state index contributed by atoms with van der Waals surface area (Å²) >= 11 is 5.75. The Morgan fingerprint density at radius 1 is 1.08 bits per heavy atom. The Hall–Kier alpha value is -3.39. The van der Waals surface area contributed by atoms with Crippen molar-refractivity contribution in [3.8, 4) is 0 Å². The first kappa shape index (κ1) is 16.5.